The number of rotatable bonds is 7. The SMILES string of the molecule is Cc1ccc(OCc2c(C(=O)Nc3cnn(Cc4ccc(F)cc4Cl)c3)noc2C)c(C)c1. The monoisotopic (exact) mass is 468 g/mol. The molecule has 2 heterocycles. The molecule has 9 heteroatoms. The number of carbonyl (C=O) groups excluding carboxylic acids is 1. The maximum atomic E-state index is 13.2. The Balaban J connectivity index is 1.44. The Morgan fingerprint density at radius 3 is 2.79 bits per heavy atom. The average Bonchev–Trinajstić information content (AvgIpc) is 3.35. The topological polar surface area (TPSA) is 82.2 Å². The highest BCUT2D eigenvalue weighted by atomic mass is 35.5. The molecule has 0 aliphatic carbocycles. The van der Waals surface area contributed by atoms with Gasteiger partial charge >= 0.3 is 0 Å². The first-order valence-electron chi connectivity index (χ1n) is 10.2. The summed E-state index contributed by atoms with van der Waals surface area (Å²) in [6.45, 7) is 6.18. The van der Waals surface area contributed by atoms with Crippen LogP contribution in [-0.4, -0.2) is 20.8 Å². The molecule has 170 valence electrons. The number of halogens is 2. The molecule has 1 amide bonds. The minimum absolute atomic E-state index is 0.143. The molecule has 2 aromatic carbocycles. The van der Waals surface area contributed by atoms with Crippen LogP contribution in [0.1, 0.15) is 38.5 Å². The van der Waals surface area contributed by atoms with Crippen molar-refractivity contribution in [3.8, 4) is 5.75 Å². The van der Waals surface area contributed by atoms with E-state index < -0.39 is 11.7 Å². The highest BCUT2D eigenvalue weighted by molar-refractivity contribution is 6.31. The van der Waals surface area contributed by atoms with Crippen LogP contribution in [-0.2, 0) is 13.2 Å². The van der Waals surface area contributed by atoms with Crippen molar-refractivity contribution < 1.29 is 18.4 Å². The summed E-state index contributed by atoms with van der Waals surface area (Å²) in [5, 5.41) is 11.2. The molecule has 4 aromatic rings. The fourth-order valence-electron chi connectivity index (χ4n) is 3.38. The van der Waals surface area contributed by atoms with Crippen LogP contribution >= 0.6 is 11.6 Å². The van der Waals surface area contributed by atoms with Crippen LogP contribution in [0.4, 0.5) is 10.1 Å². The van der Waals surface area contributed by atoms with E-state index >= 15 is 0 Å². The van der Waals surface area contributed by atoms with Crippen LogP contribution in [0.15, 0.2) is 53.3 Å². The van der Waals surface area contributed by atoms with Gasteiger partial charge in [-0.3, -0.25) is 9.48 Å². The van der Waals surface area contributed by atoms with E-state index in [1.54, 1.807) is 23.9 Å². The summed E-state index contributed by atoms with van der Waals surface area (Å²) in [6.07, 6.45) is 3.16. The van der Waals surface area contributed by atoms with Gasteiger partial charge in [-0.1, -0.05) is 40.5 Å². The lowest BCUT2D eigenvalue weighted by Gasteiger charge is -2.10. The van der Waals surface area contributed by atoms with Gasteiger partial charge in [0, 0.05) is 11.2 Å². The standard InChI is InChI=1S/C24H22ClFN4O3/c1-14-4-7-22(15(2)8-14)32-13-20-16(3)33-29-23(20)24(31)28-19-10-27-30(12-19)11-17-5-6-18(26)9-21(17)25/h4-10,12H,11,13H2,1-3H3,(H,28,31). The van der Waals surface area contributed by atoms with Crippen molar-refractivity contribution >= 4 is 23.2 Å². The van der Waals surface area contributed by atoms with E-state index in [2.05, 4.69) is 15.6 Å². The summed E-state index contributed by atoms with van der Waals surface area (Å²) in [5.41, 5.74) is 4.04. The molecule has 2 aromatic heterocycles. The number of nitrogens with one attached hydrogen (secondary N) is 1. The normalized spacial score (nSPS) is 10.9. The zero-order valence-corrected chi connectivity index (χ0v) is 19.1. The molecule has 0 aliphatic heterocycles. The summed E-state index contributed by atoms with van der Waals surface area (Å²) in [4.78, 5) is 12.8. The zero-order chi connectivity index (χ0) is 23.5. The van der Waals surface area contributed by atoms with Crippen LogP contribution in [0.5, 0.6) is 5.75 Å². The third kappa shape index (κ3) is 5.23. The minimum Gasteiger partial charge on any atom is -0.488 e. The number of hydrogen-bond acceptors (Lipinski definition) is 5. The molecule has 0 aliphatic rings. The van der Waals surface area contributed by atoms with Gasteiger partial charge in [-0.25, -0.2) is 4.39 Å². The molecule has 0 unspecified atom stereocenters. The molecule has 0 bridgehead atoms. The maximum absolute atomic E-state index is 13.2. The van der Waals surface area contributed by atoms with Gasteiger partial charge in [0.15, 0.2) is 5.69 Å². The van der Waals surface area contributed by atoms with Gasteiger partial charge in [0.1, 0.15) is 23.9 Å². The number of ether oxygens (including phenoxy) is 1. The predicted molar refractivity (Wildman–Crippen MR) is 122 cm³/mol. The third-order valence-corrected chi connectivity index (χ3v) is 5.49. The molecule has 0 saturated carbocycles. The molecular formula is C24H22ClFN4O3. The smallest absolute Gasteiger partial charge is 0.278 e. The van der Waals surface area contributed by atoms with Crippen molar-refractivity contribution in [2.45, 2.75) is 33.9 Å². The Kier molecular flexibility index (Phi) is 6.46. The van der Waals surface area contributed by atoms with Gasteiger partial charge in [0.05, 0.1) is 24.0 Å². The number of carbonyl (C=O) groups is 1. The maximum Gasteiger partial charge on any atom is 0.278 e. The van der Waals surface area contributed by atoms with E-state index in [-0.39, 0.29) is 12.3 Å². The van der Waals surface area contributed by atoms with Crippen molar-refractivity contribution in [3.63, 3.8) is 0 Å². The second kappa shape index (κ2) is 9.46. The van der Waals surface area contributed by atoms with E-state index in [0.717, 1.165) is 16.9 Å². The molecule has 0 radical (unpaired) electrons. The predicted octanol–water partition coefficient (Wildman–Crippen LogP) is 5.47. The number of amides is 1. The Hall–Kier alpha value is -3.65. The Morgan fingerprint density at radius 1 is 1.21 bits per heavy atom. The van der Waals surface area contributed by atoms with Gasteiger partial charge in [0.2, 0.25) is 0 Å². The summed E-state index contributed by atoms with van der Waals surface area (Å²) in [7, 11) is 0. The largest absolute Gasteiger partial charge is 0.488 e. The molecule has 0 saturated heterocycles. The first kappa shape index (κ1) is 22.5. The van der Waals surface area contributed by atoms with Crippen molar-refractivity contribution in [1.82, 2.24) is 14.9 Å². The van der Waals surface area contributed by atoms with Gasteiger partial charge < -0.3 is 14.6 Å². The molecule has 0 fully saturated rings. The number of aryl methyl sites for hydroxylation is 3. The number of benzene rings is 2. The van der Waals surface area contributed by atoms with E-state index in [0.29, 0.717) is 34.1 Å². The number of hydrogen-bond donors (Lipinski definition) is 1. The quantitative estimate of drug-likeness (QED) is 0.389. The molecule has 33 heavy (non-hydrogen) atoms. The van der Waals surface area contributed by atoms with Gasteiger partial charge in [-0.2, -0.15) is 5.10 Å². The van der Waals surface area contributed by atoms with E-state index in [1.165, 1.54) is 18.3 Å². The van der Waals surface area contributed by atoms with Gasteiger partial charge in [0.25, 0.3) is 5.91 Å². The van der Waals surface area contributed by atoms with E-state index in [1.807, 2.05) is 32.0 Å². The van der Waals surface area contributed by atoms with Crippen LogP contribution in [0, 0.1) is 26.6 Å². The first-order chi connectivity index (χ1) is 15.8. The zero-order valence-electron chi connectivity index (χ0n) is 18.4. The molecule has 0 atom stereocenters. The molecule has 7 nitrogen and oxygen atoms in total. The Labute approximate surface area is 195 Å². The average molecular weight is 469 g/mol. The lowest BCUT2D eigenvalue weighted by atomic mass is 10.1. The lowest BCUT2D eigenvalue weighted by molar-refractivity contribution is 0.101. The second-order valence-corrected chi connectivity index (χ2v) is 8.15. The Bertz CT molecular complexity index is 1320. The minimum atomic E-state index is -0.439. The summed E-state index contributed by atoms with van der Waals surface area (Å²) in [6, 6.07) is 10.1. The lowest BCUT2D eigenvalue weighted by Crippen LogP contribution is -2.15. The first-order valence-corrected chi connectivity index (χ1v) is 10.6. The molecule has 4 rings (SSSR count). The summed E-state index contributed by atoms with van der Waals surface area (Å²) < 4.78 is 26.0. The van der Waals surface area contributed by atoms with Crippen molar-refractivity contribution in [2.24, 2.45) is 0 Å². The fraction of sp³-hybridized carbons (Fsp3) is 0.208. The fourth-order valence-corrected chi connectivity index (χ4v) is 3.61. The van der Waals surface area contributed by atoms with Gasteiger partial charge in [-0.05, 0) is 50.1 Å². The second-order valence-electron chi connectivity index (χ2n) is 7.74. The van der Waals surface area contributed by atoms with E-state index in [4.69, 9.17) is 20.9 Å². The van der Waals surface area contributed by atoms with Crippen molar-refractivity contribution in [1.29, 1.82) is 0 Å². The number of nitrogens with zero attached hydrogens (tertiary/aromatic N) is 3. The molecule has 1 N–H and O–H groups in total. The summed E-state index contributed by atoms with van der Waals surface area (Å²) in [5.74, 6) is 0.391. The van der Waals surface area contributed by atoms with E-state index in [9.17, 15) is 9.18 Å². The number of anilines is 1. The van der Waals surface area contributed by atoms with Gasteiger partial charge in [-0.15, -0.1) is 0 Å². The van der Waals surface area contributed by atoms with Crippen molar-refractivity contribution in [2.75, 3.05) is 5.32 Å². The molecular weight excluding hydrogens is 447 g/mol. The highest BCUT2D eigenvalue weighted by Crippen LogP contribution is 2.23. The van der Waals surface area contributed by atoms with Crippen LogP contribution in [0.2, 0.25) is 5.02 Å². The highest BCUT2D eigenvalue weighted by Gasteiger charge is 2.21. The van der Waals surface area contributed by atoms with Crippen LogP contribution in [0.25, 0.3) is 0 Å². The third-order valence-electron chi connectivity index (χ3n) is 5.14. The number of aromatic nitrogens is 3. The Morgan fingerprint density at radius 2 is 2.03 bits per heavy atom. The molecule has 0 spiro atoms. The summed E-state index contributed by atoms with van der Waals surface area (Å²) >= 11 is 6.08. The van der Waals surface area contributed by atoms with Crippen molar-refractivity contribution in [3.05, 3.63) is 93.3 Å². The van der Waals surface area contributed by atoms with Crippen LogP contribution in [0.3, 0.4) is 0 Å². The van der Waals surface area contributed by atoms with Crippen LogP contribution < -0.4 is 10.1 Å².